The highest BCUT2D eigenvalue weighted by molar-refractivity contribution is 5.71. The van der Waals surface area contributed by atoms with Crippen LogP contribution in [0.1, 0.15) is 329 Å². The van der Waals surface area contributed by atoms with E-state index >= 15 is 0 Å². The molecular weight excluding hydrogens is 949 g/mol. The van der Waals surface area contributed by atoms with Crippen molar-refractivity contribution < 1.29 is 28.6 Å². The van der Waals surface area contributed by atoms with Crippen molar-refractivity contribution in [2.45, 2.75) is 335 Å². The van der Waals surface area contributed by atoms with Crippen molar-refractivity contribution in [1.29, 1.82) is 0 Å². The van der Waals surface area contributed by atoms with E-state index < -0.39 is 6.10 Å². The molecule has 0 fully saturated rings. The van der Waals surface area contributed by atoms with Crippen LogP contribution in [0.4, 0.5) is 0 Å². The molecule has 1 atom stereocenters. The van der Waals surface area contributed by atoms with Gasteiger partial charge in [-0.2, -0.15) is 0 Å². The summed E-state index contributed by atoms with van der Waals surface area (Å²) in [5, 5.41) is 0. The number of carbonyl (C=O) groups excluding carboxylic acids is 3. The van der Waals surface area contributed by atoms with E-state index in [2.05, 4.69) is 106 Å². The minimum absolute atomic E-state index is 0.0797. The zero-order valence-corrected chi connectivity index (χ0v) is 51.0. The lowest BCUT2D eigenvalue weighted by Crippen LogP contribution is -2.30. The molecule has 0 radical (unpaired) electrons. The maximum Gasteiger partial charge on any atom is 0.306 e. The van der Waals surface area contributed by atoms with Gasteiger partial charge in [-0.05, 0) is 116 Å². The Balaban J connectivity index is 4.22. The lowest BCUT2D eigenvalue weighted by Gasteiger charge is -2.18. The Morgan fingerprint density at radius 1 is 0.273 bits per heavy atom. The van der Waals surface area contributed by atoms with Gasteiger partial charge in [0.2, 0.25) is 0 Å². The molecule has 77 heavy (non-hydrogen) atoms. The molecule has 0 aliphatic heterocycles. The molecule has 0 spiro atoms. The molecule has 0 heterocycles. The highest BCUT2D eigenvalue weighted by Gasteiger charge is 2.19. The molecule has 0 amide bonds. The van der Waals surface area contributed by atoms with Crippen LogP contribution in [0.15, 0.2) is 85.1 Å². The summed E-state index contributed by atoms with van der Waals surface area (Å²) in [4.78, 5) is 38.3. The van der Waals surface area contributed by atoms with Gasteiger partial charge in [0, 0.05) is 19.3 Å². The van der Waals surface area contributed by atoms with Gasteiger partial charge in [-0.3, -0.25) is 14.4 Å². The monoisotopic (exact) mass is 1070 g/mol. The minimum Gasteiger partial charge on any atom is -0.462 e. The first kappa shape index (κ1) is 73.6. The summed E-state index contributed by atoms with van der Waals surface area (Å²) >= 11 is 0. The van der Waals surface area contributed by atoms with Gasteiger partial charge in [0.25, 0.3) is 0 Å². The number of rotatable bonds is 60. The molecule has 6 nitrogen and oxygen atoms in total. The van der Waals surface area contributed by atoms with Crippen LogP contribution in [-0.4, -0.2) is 37.2 Å². The molecule has 0 aromatic carbocycles. The summed E-state index contributed by atoms with van der Waals surface area (Å²) in [7, 11) is 0. The van der Waals surface area contributed by atoms with E-state index in [1.807, 2.05) is 0 Å². The summed E-state index contributed by atoms with van der Waals surface area (Å²) in [6.07, 6.45) is 86.0. The second-order valence-corrected chi connectivity index (χ2v) is 22.0. The van der Waals surface area contributed by atoms with Gasteiger partial charge in [0.1, 0.15) is 13.2 Å². The first-order valence-electron chi connectivity index (χ1n) is 33.1. The quantitative estimate of drug-likeness (QED) is 0.0261. The van der Waals surface area contributed by atoms with Crippen LogP contribution in [0.5, 0.6) is 0 Å². The average Bonchev–Trinajstić information content (AvgIpc) is 3.43. The van der Waals surface area contributed by atoms with Crippen molar-refractivity contribution in [3.63, 3.8) is 0 Å². The van der Waals surface area contributed by atoms with Gasteiger partial charge in [-0.25, -0.2) is 0 Å². The molecule has 0 N–H and O–H groups in total. The molecule has 444 valence electrons. The van der Waals surface area contributed by atoms with E-state index in [-0.39, 0.29) is 31.1 Å². The highest BCUT2D eigenvalue weighted by Crippen LogP contribution is 2.17. The Kier molecular flexibility index (Phi) is 62.2. The molecule has 6 heteroatoms. The largest absolute Gasteiger partial charge is 0.462 e. The zero-order chi connectivity index (χ0) is 55.7. The van der Waals surface area contributed by atoms with E-state index in [4.69, 9.17) is 14.2 Å². The predicted molar refractivity (Wildman–Crippen MR) is 334 cm³/mol. The Bertz CT molecular complexity index is 1470. The van der Waals surface area contributed by atoms with Gasteiger partial charge in [0.15, 0.2) is 6.10 Å². The van der Waals surface area contributed by atoms with Crippen LogP contribution >= 0.6 is 0 Å². The summed E-state index contributed by atoms with van der Waals surface area (Å²) in [5.41, 5.74) is 0. The molecule has 1 unspecified atom stereocenters. The van der Waals surface area contributed by atoms with E-state index in [9.17, 15) is 14.4 Å². The number of carbonyl (C=O) groups is 3. The van der Waals surface area contributed by atoms with Crippen molar-refractivity contribution in [2.24, 2.45) is 0 Å². The number of unbranched alkanes of at least 4 members (excludes halogenated alkanes) is 35. The van der Waals surface area contributed by atoms with Gasteiger partial charge < -0.3 is 14.2 Å². The Morgan fingerprint density at radius 3 is 0.831 bits per heavy atom. The van der Waals surface area contributed by atoms with E-state index in [0.717, 1.165) is 103 Å². The Morgan fingerprint density at radius 2 is 0.506 bits per heavy atom. The molecule has 0 saturated heterocycles. The van der Waals surface area contributed by atoms with E-state index in [0.29, 0.717) is 19.3 Å². The first-order chi connectivity index (χ1) is 38.0. The molecule has 0 saturated carbocycles. The molecule has 0 aliphatic carbocycles. The lowest BCUT2D eigenvalue weighted by atomic mass is 10.0. The Labute approximate surface area is 477 Å². The lowest BCUT2D eigenvalue weighted by molar-refractivity contribution is -0.167. The maximum absolute atomic E-state index is 12.9. The fraction of sp³-hybridized carbons (Fsp3) is 0.761. The predicted octanol–water partition coefficient (Wildman–Crippen LogP) is 22.7. The van der Waals surface area contributed by atoms with Crippen molar-refractivity contribution in [3.05, 3.63) is 85.1 Å². The molecule has 0 aliphatic rings. The fourth-order valence-corrected chi connectivity index (χ4v) is 9.40. The molecule has 0 aromatic rings. The molecule has 0 rings (SSSR count). The number of esters is 3. The first-order valence-corrected chi connectivity index (χ1v) is 33.1. The molecule has 0 bridgehead atoms. The SMILES string of the molecule is CC/C=C\C/C=C\C/C=C\C/C=C\CCCCCCCCCCCCCCCCCCC(=O)OCC(COC(=O)CCCCCCC/C=C\CCCCC)OC(=O)CCCCCCCCC/C=C\C/C=C\CCCCCC. The van der Waals surface area contributed by atoms with Gasteiger partial charge in [-0.15, -0.1) is 0 Å². The average molecular weight is 1070 g/mol. The third-order valence-corrected chi connectivity index (χ3v) is 14.4. The second kappa shape index (κ2) is 65.1. The topological polar surface area (TPSA) is 78.9 Å². The summed E-state index contributed by atoms with van der Waals surface area (Å²) < 4.78 is 16.9. The summed E-state index contributed by atoms with van der Waals surface area (Å²) in [6.45, 7) is 6.51. The zero-order valence-electron chi connectivity index (χ0n) is 51.0. The smallest absolute Gasteiger partial charge is 0.306 e. The van der Waals surface area contributed by atoms with Crippen molar-refractivity contribution >= 4 is 17.9 Å². The van der Waals surface area contributed by atoms with Gasteiger partial charge in [0.05, 0.1) is 0 Å². The van der Waals surface area contributed by atoms with Crippen LogP contribution in [-0.2, 0) is 28.6 Å². The minimum atomic E-state index is -0.783. The molecular formula is C71H124O6. The van der Waals surface area contributed by atoms with E-state index in [1.54, 1.807) is 0 Å². The van der Waals surface area contributed by atoms with Gasteiger partial charge in [-0.1, -0.05) is 279 Å². The highest BCUT2D eigenvalue weighted by atomic mass is 16.6. The second-order valence-electron chi connectivity index (χ2n) is 22.0. The standard InChI is InChI=1S/C71H124O6/c1-4-7-10-13-16-19-22-25-27-29-31-32-33-34-35-36-37-38-39-40-41-43-44-46-49-52-55-58-61-64-70(73)76-67-68(66-75-69(72)63-60-57-54-51-48-24-21-18-15-12-9-6-3)77-71(74)65-62-59-56-53-50-47-45-42-30-28-26-23-20-17-14-11-8-5-2/h7,10,16,18-21,23,25,27-28,30-32,68H,4-6,8-9,11-15,17,22,24,26,29,33-67H2,1-3H3/b10-7-,19-16-,21-18-,23-20-,27-25-,30-28-,32-31-. The number of hydrogen-bond acceptors (Lipinski definition) is 6. The number of ether oxygens (including phenoxy) is 3. The van der Waals surface area contributed by atoms with Gasteiger partial charge >= 0.3 is 17.9 Å². The number of hydrogen-bond donors (Lipinski definition) is 0. The third-order valence-electron chi connectivity index (χ3n) is 14.4. The third kappa shape index (κ3) is 63.3. The number of allylic oxidation sites excluding steroid dienone is 14. The van der Waals surface area contributed by atoms with Crippen molar-refractivity contribution in [1.82, 2.24) is 0 Å². The van der Waals surface area contributed by atoms with Crippen LogP contribution < -0.4 is 0 Å². The van der Waals surface area contributed by atoms with Crippen molar-refractivity contribution in [3.8, 4) is 0 Å². The van der Waals surface area contributed by atoms with Crippen LogP contribution in [0.3, 0.4) is 0 Å². The summed E-state index contributed by atoms with van der Waals surface area (Å²) in [5.74, 6) is -0.883. The molecule has 0 aromatic heterocycles. The van der Waals surface area contributed by atoms with Crippen LogP contribution in [0.25, 0.3) is 0 Å². The van der Waals surface area contributed by atoms with E-state index in [1.165, 1.54) is 186 Å². The maximum atomic E-state index is 12.9. The fourth-order valence-electron chi connectivity index (χ4n) is 9.40. The Hall–Kier alpha value is -3.41. The van der Waals surface area contributed by atoms with Crippen LogP contribution in [0, 0.1) is 0 Å². The summed E-state index contributed by atoms with van der Waals surface area (Å²) in [6, 6.07) is 0. The van der Waals surface area contributed by atoms with Crippen molar-refractivity contribution in [2.75, 3.05) is 13.2 Å². The normalized spacial score (nSPS) is 12.6. The van der Waals surface area contributed by atoms with Crippen LogP contribution in [0.2, 0.25) is 0 Å².